The van der Waals surface area contributed by atoms with Crippen LogP contribution >= 0.6 is 21.6 Å². The van der Waals surface area contributed by atoms with Gasteiger partial charge in [0, 0.05) is 6.54 Å². The zero-order chi connectivity index (χ0) is 5.70. The van der Waals surface area contributed by atoms with Gasteiger partial charge in [0.25, 0.3) is 0 Å². The Balaban J connectivity index is 2.68. The van der Waals surface area contributed by atoms with Gasteiger partial charge in [0.15, 0.2) is 0 Å². The number of hydrogen-bond donors (Lipinski definition) is 4. The Labute approximate surface area is 50.0 Å². The maximum absolute atomic E-state index is 8.14. The van der Waals surface area contributed by atoms with Crippen LogP contribution in [0.15, 0.2) is 0 Å². The van der Waals surface area contributed by atoms with Gasteiger partial charge in [0.2, 0.25) is 0 Å². The van der Waals surface area contributed by atoms with Gasteiger partial charge in [-0.1, -0.05) is 0 Å². The van der Waals surface area contributed by atoms with Crippen molar-refractivity contribution in [3.8, 4) is 0 Å². The van der Waals surface area contributed by atoms with E-state index in [9.17, 15) is 0 Å². The Hall–Kier alpha value is 0.660. The third kappa shape index (κ3) is 6.66. The van der Waals surface area contributed by atoms with Crippen LogP contribution in [0.2, 0.25) is 0 Å². The highest BCUT2D eigenvalue weighted by Crippen LogP contribution is 1.91. The SMILES string of the molecule is N[C@H](S)CNPO. The van der Waals surface area contributed by atoms with Crippen LogP contribution in [0.1, 0.15) is 0 Å². The normalized spacial score (nSPS) is 15.9. The lowest BCUT2D eigenvalue weighted by Crippen LogP contribution is -2.24. The lowest BCUT2D eigenvalue weighted by Gasteiger charge is -2.00. The maximum atomic E-state index is 8.14. The molecule has 0 bridgehead atoms. The van der Waals surface area contributed by atoms with Gasteiger partial charge in [0.1, 0.15) is 0 Å². The summed E-state index contributed by atoms with van der Waals surface area (Å²) in [6, 6.07) is 0. The van der Waals surface area contributed by atoms with E-state index >= 15 is 0 Å². The van der Waals surface area contributed by atoms with Gasteiger partial charge in [-0.15, -0.1) is 0 Å². The molecule has 1 unspecified atom stereocenters. The number of nitrogens with one attached hydrogen (secondary N) is 1. The second-order valence-electron chi connectivity index (χ2n) is 1.06. The molecule has 7 heavy (non-hydrogen) atoms. The minimum absolute atomic E-state index is 0.167. The first kappa shape index (κ1) is 7.66. The van der Waals surface area contributed by atoms with Crippen LogP contribution in [0.3, 0.4) is 0 Å². The second kappa shape index (κ2) is 4.81. The van der Waals surface area contributed by atoms with Crippen molar-refractivity contribution in [1.82, 2.24) is 5.09 Å². The van der Waals surface area contributed by atoms with Crippen LogP contribution in [0.25, 0.3) is 0 Å². The van der Waals surface area contributed by atoms with Crippen molar-refractivity contribution in [2.75, 3.05) is 6.54 Å². The summed E-state index contributed by atoms with van der Waals surface area (Å²) in [6.07, 6.45) is 0. The summed E-state index contributed by atoms with van der Waals surface area (Å²) < 4.78 is 0. The molecule has 0 amide bonds. The van der Waals surface area contributed by atoms with Crippen LogP contribution in [0, 0.1) is 0 Å². The quantitative estimate of drug-likeness (QED) is 0.238. The highest BCUT2D eigenvalue weighted by molar-refractivity contribution is 7.80. The zero-order valence-electron chi connectivity index (χ0n) is 3.76. The molecule has 0 saturated heterocycles. The molecule has 5 heteroatoms. The monoisotopic (exact) mass is 140 g/mol. The third-order valence-electron chi connectivity index (χ3n) is 0.390. The average Bonchev–Trinajstić information content (AvgIpc) is 1.61. The van der Waals surface area contributed by atoms with E-state index in [2.05, 4.69) is 17.7 Å². The van der Waals surface area contributed by atoms with Crippen molar-refractivity contribution in [3.05, 3.63) is 0 Å². The van der Waals surface area contributed by atoms with E-state index in [1.807, 2.05) is 0 Å². The summed E-state index contributed by atoms with van der Waals surface area (Å²) in [4.78, 5) is 8.14. The lowest BCUT2D eigenvalue weighted by molar-refractivity contribution is 0.627. The fourth-order valence-corrected chi connectivity index (χ4v) is 0.724. The van der Waals surface area contributed by atoms with Crippen molar-refractivity contribution >= 4 is 21.6 Å². The molecular weight excluding hydrogens is 131 g/mol. The predicted molar refractivity (Wildman–Crippen MR) is 35.5 cm³/mol. The van der Waals surface area contributed by atoms with Crippen LogP contribution in [-0.2, 0) is 0 Å². The van der Waals surface area contributed by atoms with Crippen LogP contribution < -0.4 is 10.8 Å². The minimum atomic E-state index is -0.228. The van der Waals surface area contributed by atoms with Gasteiger partial charge in [-0.05, 0) is 0 Å². The molecular formula is C2H9N2OPS. The van der Waals surface area contributed by atoms with E-state index in [-0.39, 0.29) is 14.3 Å². The number of rotatable bonds is 3. The highest BCUT2D eigenvalue weighted by Gasteiger charge is 1.88. The lowest BCUT2D eigenvalue weighted by atomic mass is 10.7. The van der Waals surface area contributed by atoms with Gasteiger partial charge in [-0.25, -0.2) is 0 Å². The Morgan fingerprint density at radius 1 is 2.00 bits per heavy atom. The summed E-state index contributed by atoms with van der Waals surface area (Å²) in [7, 11) is -0.228. The fourth-order valence-electron chi connectivity index (χ4n) is 0.150. The molecule has 0 aromatic heterocycles. The molecule has 0 rings (SSSR count). The zero-order valence-corrected chi connectivity index (χ0v) is 5.65. The van der Waals surface area contributed by atoms with E-state index in [0.29, 0.717) is 6.54 Å². The molecule has 0 aliphatic heterocycles. The Bertz CT molecular complexity index is 44.7. The summed E-state index contributed by atoms with van der Waals surface area (Å²) >= 11 is 3.84. The van der Waals surface area contributed by atoms with Crippen LogP contribution in [0.5, 0.6) is 0 Å². The summed E-state index contributed by atoms with van der Waals surface area (Å²) in [5.41, 5.74) is 5.17. The van der Waals surface area contributed by atoms with Crippen LogP contribution in [-0.4, -0.2) is 16.8 Å². The molecule has 2 atom stereocenters. The first-order chi connectivity index (χ1) is 3.27. The maximum Gasteiger partial charge on any atom is 0.0825 e. The van der Waals surface area contributed by atoms with Crippen molar-refractivity contribution in [3.63, 3.8) is 0 Å². The average molecular weight is 140 g/mol. The number of hydrogen-bond acceptors (Lipinski definition) is 4. The Morgan fingerprint density at radius 2 is 2.57 bits per heavy atom. The topological polar surface area (TPSA) is 58.3 Å². The van der Waals surface area contributed by atoms with E-state index in [0.717, 1.165) is 0 Å². The number of thiol groups is 1. The molecule has 0 fully saturated rings. The minimum Gasteiger partial charge on any atom is -0.361 e. The van der Waals surface area contributed by atoms with Gasteiger partial charge in [-0.2, -0.15) is 12.6 Å². The molecule has 0 aliphatic carbocycles. The molecule has 0 saturated carbocycles. The van der Waals surface area contributed by atoms with E-state index in [4.69, 9.17) is 10.6 Å². The predicted octanol–water partition coefficient (Wildman–Crippen LogP) is -0.709. The summed E-state index contributed by atoms with van der Waals surface area (Å²) in [5.74, 6) is 0. The molecule has 3 nitrogen and oxygen atoms in total. The van der Waals surface area contributed by atoms with Gasteiger partial charge in [0.05, 0.1) is 14.3 Å². The Morgan fingerprint density at radius 3 is 2.71 bits per heavy atom. The molecule has 0 aromatic carbocycles. The van der Waals surface area contributed by atoms with E-state index < -0.39 is 0 Å². The first-order valence-corrected chi connectivity index (χ1v) is 3.29. The van der Waals surface area contributed by atoms with Crippen molar-refractivity contribution in [2.45, 2.75) is 5.37 Å². The fraction of sp³-hybridized carbons (Fsp3) is 1.00. The molecule has 0 heterocycles. The molecule has 0 aliphatic rings. The molecule has 0 spiro atoms. The number of nitrogens with two attached hydrogens (primary N) is 1. The van der Waals surface area contributed by atoms with Gasteiger partial charge < -0.3 is 10.6 Å². The van der Waals surface area contributed by atoms with E-state index in [1.54, 1.807) is 0 Å². The second-order valence-corrected chi connectivity index (χ2v) is 2.30. The van der Waals surface area contributed by atoms with Crippen molar-refractivity contribution < 1.29 is 4.89 Å². The third-order valence-corrected chi connectivity index (χ3v) is 0.935. The van der Waals surface area contributed by atoms with Gasteiger partial charge in [-0.3, -0.25) is 5.09 Å². The molecule has 44 valence electrons. The van der Waals surface area contributed by atoms with Crippen molar-refractivity contribution in [2.24, 2.45) is 5.73 Å². The molecule has 0 radical (unpaired) electrons. The van der Waals surface area contributed by atoms with Crippen LogP contribution in [0.4, 0.5) is 0 Å². The molecule has 0 aromatic rings. The standard InChI is InChI=1S/C2H9N2OPS/c3-2(7)1-4-6-5/h2,4-7H,1,3H2/t2-/m1/s1. The summed E-state index contributed by atoms with van der Waals surface area (Å²) in [5, 5.41) is 2.46. The highest BCUT2D eigenvalue weighted by atomic mass is 32.1. The summed E-state index contributed by atoms with van der Waals surface area (Å²) in [6.45, 7) is 0.554. The largest absolute Gasteiger partial charge is 0.361 e. The first-order valence-electron chi connectivity index (χ1n) is 1.83. The van der Waals surface area contributed by atoms with Crippen molar-refractivity contribution in [1.29, 1.82) is 0 Å². The smallest absolute Gasteiger partial charge is 0.0825 e. The van der Waals surface area contributed by atoms with E-state index in [1.165, 1.54) is 0 Å². The Kier molecular flexibility index (Phi) is 5.26. The van der Waals surface area contributed by atoms with Gasteiger partial charge >= 0.3 is 0 Å². The molecule has 4 N–H and O–H groups in total.